The molecule has 17 heavy (non-hydrogen) atoms. The molecule has 2 atom stereocenters. The molecule has 0 aromatic rings. The highest BCUT2D eigenvalue weighted by Crippen LogP contribution is 2.23. The monoisotopic (exact) mass is 256 g/mol. The Bertz CT molecular complexity index is 269. The molecular weight excluding hydrogens is 237 g/mol. The van der Waals surface area contributed by atoms with Gasteiger partial charge in [0, 0.05) is 6.04 Å². The second kappa shape index (κ2) is 5.68. The lowest BCUT2D eigenvalue weighted by Gasteiger charge is -2.31. The van der Waals surface area contributed by atoms with Gasteiger partial charge in [-0.3, -0.25) is 10.1 Å². The van der Waals surface area contributed by atoms with E-state index in [1.54, 1.807) is 13.8 Å². The first-order valence-electron chi connectivity index (χ1n) is 5.25. The fourth-order valence-corrected chi connectivity index (χ4v) is 1.21. The maximum absolute atomic E-state index is 12.2. The van der Waals surface area contributed by atoms with E-state index >= 15 is 0 Å². The van der Waals surface area contributed by atoms with Crippen molar-refractivity contribution in [2.75, 3.05) is 6.61 Å². The molecule has 0 fully saturated rings. The highest BCUT2D eigenvalue weighted by molar-refractivity contribution is 5.84. The minimum absolute atomic E-state index is 0.0997. The van der Waals surface area contributed by atoms with Gasteiger partial charge in [-0.1, -0.05) is 0 Å². The van der Waals surface area contributed by atoms with E-state index in [0.717, 1.165) is 6.92 Å². The summed E-state index contributed by atoms with van der Waals surface area (Å²) in [7, 11) is 0. The van der Waals surface area contributed by atoms with Crippen LogP contribution in [-0.2, 0) is 9.53 Å². The van der Waals surface area contributed by atoms with Gasteiger partial charge in [0.05, 0.1) is 6.61 Å². The summed E-state index contributed by atoms with van der Waals surface area (Å²) in [5.41, 5.74) is 3.84. The standard InChI is InChI=1S/C10H19F3N2O2/c1-6(2)15-9(4,8(14)16)5-17-7(3)10(11,12)13/h6-7,15H,5H2,1-4H3,(H2,14,16). The van der Waals surface area contributed by atoms with Crippen molar-refractivity contribution in [2.45, 2.75) is 51.6 Å². The third-order valence-electron chi connectivity index (χ3n) is 2.23. The molecule has 0 aliphatic heterocycles. The van der Waals surface area contributed by atoms with Crippen LogP contribution in [-0.4, -0.2) is 36.4 Å². The number of rotatable bonds is 6. The number of carbonyl (C=O) groups excluding carboxylic acids is 1. The minimum Gasteiger partial charge on any atom is -0.368 e. The molecule has 0 aromatic heterocycles. The Kier molecular flexibility index (Phi) is 5.41. The van der Waals surface area contributed by atoms with E-state index in [1.165, 1.54) is 6.92 Å². The van der Waals surface area contributed by atoms with Gasteiger partial charge >= 0.3 is 6.18 Å². The molecule has 7 heteroatoms. The Morgan fingerprint density at radius 1 is 1.35 bits per heavy atom. The first kappa shape index (κ1) is 16.2. The average molecular weight is 256 g/mol. The molecule has 0 radical (unpaired) electrons. The molecule has 2 unspecified atom stereocenters. The highest BCUT2D eigenvalue weighted by atomic mass is 19.4. The van der Waals surface area contributed by atoms with Crippen LogP contribution in [0.15, 0.2) is 0 Å². The summed E-state index contributed by atoms with van der Waals surface area (Å²) in [6.07, 6.45) is -6.38. The third kappa shape index (κ3) is 5.36. The normalized spacial score (nSPS) is 17.9. The van der Waals surface area contributed by atoms with E-state index in [0.29, 0.717) is 0 Å². The zero-order valence-electron chi connectivity index (χ0n) is 10.4. The molecule has 0 bridgehead atoms. The lowest BCUT2D eigenvalue weighted by atomic mass is 10.0. The third-order valence-corrected chi connectivity index (χ3v) is 2.23. The van der Waals surface area contributed by atoms with Gasteiger partial charge in [-0.15, -0.1) is 0 Å². The topological polar surface area (TPSA) is 64.3 Å². The number of nitrogens with two attached hydrogens (primary N) is 1. The molecule has 0 aliphatic carbocycles. The fraction of sp³-hybridized carbons (Fsp3) is 0.900. The maximum atomic E-state index is 12.2. The molecular formula is C10H19F3N2O2. The summed E-state index contributed by atoms with van der Waals surface area (Å²) in [6.45, 7) is 5.39. The predicted octanol–water partition coefficient (Wildman–Crippen LogP) is 1.20. The van der Waals surface area contributed by atoms with Crippen LogP contribution >= 0.6 is 0 Å². The van der Waals surface area contributed by atoms with Crippen molar-refractivity contribution >= 4 is 5.91 Å². The number of nitrogens with one attached hydrogen (secondary N) is 1. The van der Waals surface area contributed by atoms with Crippen LogP contribution in [0.4, 0.5) is 13.2 Å². The Balaban J connectivity index is 4.53. The number of alkyl halides is 3. The molecule has 0 aromatic carbocycles. The van der Waals surface area contributed by atoms with E-state index < -0.39 is 30.3 Å². The van der Waals surface area contributed by atoms with E-state index in [4.69, 9.17) is 5.73 Å². The van der Waals surface area contributed by atoms with Crippen molar-refractivity contribution < 1.29 is 22.7 Å². The van der Waals surface area contributed by atoms with Crippen molar-refractivity contribution in [1.82, 2.24) is 5.32 Å². The number of primary amides is 1. The maximum Gasteiger partial charge on any atom is 0.414 e. The molecule has 102 valence electrons. The van der Waals surface area contributed by atoms with Crippen LogP contribution < -0.4 is 11.1 Å². The van der Waals surface area contributed by atoms with Gasteiger partial charge in [-0.2, -0.15) is 13.2 Å². The SMILES string of the molecule is CC(C)NC(C)(COC(C)C(F)(F)F)C(N)=O. The van der Waals surface area contributed by atoms with Crippen molar-refractivity contribution in [2.24, 2.45) is 5.73 Å². The van der Waals surface area contributed by atoms with Crippen molar-refractivity contribution in [3.63, 3.8) is 0 Å². The Morgan fingerprint density at radius 2 is 1.82 bits per heavy atom. The van der Waals surface area contributed by atoms with Crippen LogP contribution in [0.3, 0.4) is 0 Å². The quantitative estimate of drug-likeness (QED) is 0.750. The zero-order valence-corrected chi connectivity index (χ0v) is 10.4. The molecule has 0 saturated heterocycles. The van der Waals surface area contributed by atoms with Crippen LogP contribution in [0.1, 0.15) is 27.7 Å². The smallest absolute Gasteiger partial charge is 0.368 e. The Labute approximate surface area is 98.7 Å². The number of hydrogen-bond acceptors (Lipinski definition) is 3. The molecule has 0 saturated carbocycles. The van der Waals surface area contributed by atoms with Gasteiger partial charge in [-0.05, 0) is 27.7 Å². The number of carbonyl (C=O) groups is 1. The lowest BCUT2D eigenvalue weighted by Crippen LogP contribution is -2.59. The van der Waals surface area contributed by atoms with E-state index in [2.05, 4.69) is 10.1 Å². The van der Waals surface area contributed by atoms with Gasteiger partial charge in [-0.25, -0.2) is 0 Å². The second-order valence-corrected chi connectivity index (χ2v) is 4.49. The average Bonchev–Trinajstić information content (AvgIpc) is 2.11. The van der Waals surface area contributed by atoms with Crippen LogP contribution in [0.2, 0.25) is 0 Å². The second-order valence-electron chi connectivity index (χ2n) is 4.49. The van der Waals surface area contributed by atoms with Crippen molar-refractivity contribution in [3.05, 3.63) is 0 Å². The van der Waals surface area contributed by atoms with E-state index in [1.807, 2.05) is 0 Å². The predicted molar refractivity (Wildman–Crippen MR) is 57.3 cm³/mol. The molecule has 3 N–H and O–H groups in total. The van der Waals surface area contributed by atoms with Gasteiger partial charge in [0.1, 0.15) is 5.54 Å². The lowest BCUT2D eigenvalue weighted by molar-refractivity contribution is -0.218. The van der Waals surface area contributed by atoms with Gasteiger partial charge < -0.3 is 10.5 Å². The van der Waals surface area contributed by atoms with E-state index in [-0.39, 0.29) is 6.04 Å². The summed E-state index contributed by atoms with van der Waals surface area (Å²) >= 11 is 0. The highest BCUT2D eigenvalue weighted by Gasteiger charge is 2.40. The summed E-state index contributed by atoms with van der Waals surface area (Å²) in [6, 6.07) is -0.0997. The van der Waals surface area contributed by atoms with E-state index in [9.17, 15) is 18.0 Å². The van der Waals surface area contributed by atoms with Gasteiger partial charge in [0.2, 0.25) is 5.91 Å². The molecule has 0 spiro atoms. The van der Waals surface area contributed by atoms with Gasteiger partial charge in [0.25, 0.3) is 0 Å². The van der Waals surface area contributed by atoms with Crippen molar-refractivity contribution in [1.29, 1.82) is 0 Å². The fourth-order valence-electron chi connectivity index (χ4n) is 1.21. The van der Waals surface area contributed by atoms with Gasteiger partial charge in [0.15, 0.2) is 6.10 Å². The summed E-state index contributed by atoms with van der Waals surface area (Å²) in [4.78, 5) is 11.2. The number of halogens is 3. The first-order valence-corrected chi connectivity index (χ1v) is 5.25. The summed E-state index contributed by atoms with van der Waals surface area (Å²) in [5.74, 6) is -0.749. The van der Waals surface area contributed by atoms with Crippen LogP contribution in [0.5, 0.6) is 0 Å². The largest absolute Gasteiger partial charge is 0.414 e. The zero-order chi connectivity index (χ0) is 13.9. The number of amides is 1. The Morgan fingerprint density at radius 3 is 2.12 bits per heavy atom. The van der Waals surface area contributed by atoms with Crippen molar-refractivity contribution in [3.8, 4) is 0 Å². The molecule has 0 rings (SSSR count). The molecule has 1 amide bonds. The Hall–Kier alpha value is -0.820. The molecule has 4 nitrogen and oxygen atoms in total. The summed E-state index contributed by atoms with van der Waals surface area (Å²) < 4.78 is 41.3. The van der Waals surface area contributed by atoms with Crippen LogP contribution in [0, 0.1) is 0 Å². The summed E-state index contributed by atoms with van der Waals surface area (Å²) in [5, 5.41) is 2.80. The number of ether oxygens (including phenoxy) is 1. The first-order chi connectivity index (χ1) is 7.49. The number of hydrogen-bond donors (Lipinski definition) is 2. The minimum atomic E-state index is -4.45. The van der Waals surface area contributed by atoms with Crippen LogP contribution in [0.25, 0.3) is 0 Å². The molecule has 0 heterocycles. The molecule has 0 aliphatic rings.